The third kappa shape index (κ3) is 4.83. The third-order valence-electron chi connectivity index (χ3n) is 4.75. The average Bonchev–Trinajstić information content (AvgIpc) is 2.74. The Morgan fingerprint density at radius 3 is 2.59 bits per heavy atom. The maximum absolute atomic E-state index is 13.1. The number of nitrogens with zero attached hydrogens (tertiary/aromatic N) is 1. The van der Waals surface area contributed by atoms with Crippen molar-refractivity contribution in [1.29, 1.82) is 0 Å². The van der Waals surface area contributed by atoms with Crippen LogP contribution >= 0.6 is 0 Å². The Balaban J connectivity index is 1.80. The molecular weight excluding hydrogens is 392 g/mol. The summed E-state index contributed by atoms with van der Waals surface area (Å²) in [6, 6.07) is 13.7. The first-order chi connectivity index (χ1) is 13.9. The van der Waals surface area contributed by atoms with Gasteiger partial charge in [0.25, 0.3) is 0 Å². The molecule has 0 saturated carbocycles. The number of rotatable bonds is 6. The van der Waals surface area contributed by atoms with Crippen molar-refractivity contribution >= 4 is 27.6 Å². The van der Waals surface area contributed by atoms with Crippen molar-refractivity contribution in [3.63, 3.8) is 0 Å². The van der Waals surface area contributed by atoms with Crippen LogP contribution in [0.3, 0.4) is 0 Å². The van der Waals surface area contributed by atoms with Crippen LogP contribution < -0.4 is 5.32 Å². The van der Waals surface area contributed by atoms with Gasteiger partial charge in [0.05, 0.1) is 17.1 Å². The minimum Gasteiger partial charge on any atom is -0.462 e. The Bertz CT molecular complexity index is 976. The van der Waals surface area contributed by atoms with E-state index in [4.69, 9.17) is 4.74 Å². The first kappa shape index (κ1) is 21.0. The molecule has 1 N–H and O–H groups in total. The molecule has 8 heteroatoms. The smallest absolute Gasteiger partial charge is 0.338 e. The van der Waals surface area contributed by atoms with Crippen molar-refractivity contribution in [2.24, 2.45) is 0 Å². The molecule has 1 unspecified atom stereocenters. The molecule has 154 valence electrons. The summed E-state index contributed by atoms with van der Waals surface area (Å²) in [5, 5.41) is 2.75. The summed E-state index contributed by atoms with van der Waals surface area (Å²) < 4.78 is 32.4. The molecule has 0 bridgehead atoms. The van der Waals surface area contributed by atoms with E-state index in [1.807, 2.05) is 0 Å². The van der Waals surface area contributed by atoms with Crippen LogP contribution in [0.1, 0.15) is 36.5 Å². The van der Waals surface area contributed by atoms with Gasteiger partial charge in [0.1, 0.15) is 6.04 Å². The molecule has 0 spiro atoms. The molecule has 1 saturated heterocycles. The number of carbonyl (C=O) groups excluding carboxylic acids is 2. The summed E-state index contributed by atoms with van der Waals surface area (Å²) in [6.45, 7) is 2.26. The number of benzene rings is 2. The zero-order valence-electron chi connectivity index (χ0n) is 16.2. The van der Waals surface area contributed by atoms with Crippen LogP contribution in [0.25, 0.3) is 0 Å². The minimum atomic E-state index is -3.78. The summed E-state index contributed by atoms with van der Waals surface area (Å²) in [6.07, 6.45) is 1.91. The molecule has 7 nitrogen and oxygen atoms in total. The van der Waals surface area contributed by atoms with Gasteiger partial charge in [0, 0.05) is 12.2 Å². The fourth-order valence-corrected chi connectivity index (χ4v) is 5.02. The van der Waals surface area contributed by atoms with Crippen LogP contribution in [0.5, 0.6) is 0 Å². The van der Waals surface area contributed by atoms with Gasteiger partial charge in [-0.1, -0.05) is 30.7 Å². The predicted octanol–water partition coefficient (Wildman–Crippen LogP) is 3.05. The van der Waals surface area contributed by atoms with Crippen LogP contribution in [0, 0.1) is 0 Å². The van der Waals surface area contributed by atoms with Crippen molar-refractivity contribution in [2.75, 3.05) is 18.5 Å². The number of ether oxygens (including phenoxy) is 1. The maximum Gasteiger partial charge on any atom is 0.338 e. The summed E-state index contributed by atoms with van der Waals surface area (Å²) in [5.41, 5.74) is 0.741. The number of esters is 1. The highest BCUT2D eigenvalue weighted by molar-refractivity contribution is 7.89. The zero-order valence-corrected chi connectivity index (χ0v) is 17.0. The number of carbonyl (C=O) groups is 2. The third-order valence-corrected chi connectivity index (χ3v) is 6.67. The number of anilines is 1. The van der Waals surface area contributed by atoms with Crippen molar-refractivity contribution in [3.05, 3.63) is 60.2 Å². The van der Waals surface area contributed by atoms with Gasteiger partial charge in [-0.2, -0.15) is 4.31 Å². The van der Waals surface area contributed by atoms with Crippen molar-refractivity contribution in [3.8, 4) is 0 Å². The van der Waals surface area contributed by atoms with Gasteiger partial charge in [0.15, 0.2) is 0 Å². The fraction of sp³-hybridized carbons (Fsp3) is 0.333. The van der Waals surface area contributed by atoms with Crippen molar-refractivity contribution in [1.82, 2.24) is 4.31 Å². The zero-order chi connectivity index (χ0) is 20.9. The molecule has 1 fully saturated rings. The molecule has 1 atom stereocenters. The Morgan fingerprint density at radius 1 is 1.10 bits per heavy atom. The van der Waals surface area contributed by atoms with Crippen LogP contribution in [-0.4, -0.2) is 43.8 Å². The molecule has 0 radical (unpaired) electrons. The Hall–Kier alpha value is -2.71. The summed E-state index contributed by atoms with van der Waals surface area (Å²) in [5.74, 6) is -0.889. The summed E-state index contributed by atoms with van der Waals surface area (Å²) in [4.78, 5) is 25.0. The Kier molecular flexibility index (Phi) is 6.66. The molecule has 1 amide bonds. The lowest BCUT2D eigenvalue weighted by Gasteiger charge is -2.33. The molecule has 29 heavy (non-hydrogen) atoms. The lowest BCUT2D eigenvalue weighted by molar-refractivity contribution is -0.120. The highest BCUT2D eigenvalue weighted by Crippen LogP contribution is 2.26. The molecule has 3 rings (SSSR count). The van der Waals surface area contributed by atoms with E-state index < -0.39 is 27.9 Å². The lowest BCUT2D eigenvalue weighted by Crippen LogP contribution is -2.49. The second-order valence-corrected chi connectivity index (χ2v) is 8.62. The van der Waals surface area contributed by atoms with E-state index in [1.165, 1.54) is 22.5 Å². The Labute approximate surface area is 170 Å². The van der Waals surface area contributed by atoms with Gasteiger partial charge in [0.2, 0.25) is 15.9 Å². The summed E-state index contributed by atoms with van der Waals surface area (Å²) in [7, 11) is -3.78. The largest absolute Gasteiger partial charge is 0.462 e. The summed E-state index contributed by atoms with van der Waals surface area (Å²) >= 11 is 0. The lowest BCUT2D eigenvalue weighted by atomic mass is 10.0. The molecule has 2 aromatic rings. The SMILES string of the molecule is CCOC(=O)c1cccc(NC(=O)C2CCCCN2S(=O)(=O)c2ccccc2)c1. The van der Waals surface area contributed by atoms with E-state index in [9.17, 15) is 18.0 Å². The topological polar surface area (TPSA) is 92.8 Å². The predicted molar refractivity (Wildman–Crippen MR) is 109 cm³/mol. The van der Waals surface area contributed by atoms with E-state index in [1.54, 1.807) is 43.3 Å². The van der Waals surface area contributed by atoms with Crippen LogP contribution in [-0.2, 0) is 19.6 Å². The van der Waals surface area contributed by atoms with Crippen LogP contribution in [0.4, 0.5) is 5.69 Å². The quantitative estimate of drug-likeness (QED) is 0.731. The molecule has 0 aliphatic carbocycles. The van der Waals surface area contributed by atoms with E-state index in [-0.39, 0.29) is 18.0 Å². The normalized spacial score (nSPS) is 17.5. The van der Waals surface area contributed by atoms with Gasteiger partial charge < -0.3 is 10.1 Å². The van der Waals surface area contributed by atoms with E-state index in [2.05, 4.69) is 5.32 Å². The first-order valence-electron chi connectivity index (χ1n) is 9.58. The molecule has 2 aromatic carbocycles. The highest BCUT2D eigenvalue weighted by Gasteiger charge is 2.37. The molecule has 0 aromatic heterocycles. The number of hydrogen-bond acceptors (Lipinski definition) is 5. The van der Waals surface area contributed by atoms with Gasteiger partial charge in [-0.15, -0.1) is 0 Å². The number of amides is 1. The van der Waals surface area contributed by atoms with Gasteiger partial charge in [-0.25, -0.2) is 13.2 Å². The number of piperidine rings is 1. The van der Waals surface area contributed by atoms with Gasteiger partial charge in [-0.05, 0) is 50.1 Å². The van der Waals surface area contributed by atoms with E-state index in [0.29, 0.717) is 24.1 Å². The number of nitrogens with one attached hydrogen (secondary N) is 1. The standard InChI is InChI=1S/C21H24N2O5S/c1-2-28-21(25)16-9-8-10-17(15-16)22-20(24)19-13-6-7-14-23(19)29(26,27)18-11-4-3-5-12-18/h3-5,8-12,15,19H,2,6-7,13-14H2,1H3,(H,22,24). The second-order valence-electron chi connectivity index (χ2n) is 6.73. The van der Waals surface area contributed by atoms with Crippen molar-refractivity contribution in [2.45, 2.75) is 37.1 Å². The first-order valence-corrected chi connectivity index (χ1v) is 11.0. The number of hydrogen-bond donors (Lipinski definition) is 1. The average molecular weight is 416 g/mol. The number of sulfonamides is 1. The molecular formula is C21H24N2O5S. The monoisotopic (exact) mass is 416 g/mol. The molecule has 1 heterocycles. The second kappa shape index (κ2) is 9.19. The maximum atomic E-state index is 13.1. The van der Waals surface area contributed by atoms with Gasteiger partial charge in [-0.3, -0.25) is 4.79 Å². The molecule has 1 aliphatic heterocycles. The highest BCUT2D eigenvalue weighted by atomic mass is 32.2. The fourth-order valence-electron chi connectivity index (χ4n) is 3.35. The molecule has 1 aliphatic rings. The minimum absolute atomic E-state index is 0.170. The van der Waals surface area contributed by atoms with Crippen LogP contribution in [0.2, 0.25) is 0 Å². The van der Waals surface area contributed by atoms with Crippen molar-refractivity contribution < 1.29 is 22.7 Å². The van der Waals surface area contributed by atoms with Crippen LogP contribution in [0.15, 0.2) is 59.5 Å². The van der Waals surface area contributed by atoms with E-state index >= 15 is 0 Å². The van der Waals surface area contributed by atoms with Gasteiger partial charge >= 0.3 is 5.97 Å². The Morgan fingerprint density at radius 2 is 1.86 bits per heavy atom. The van der Waals surface area contributed by atoms with E-state index in [0.717, 1.165) is 6.42 Å².